The lowest BCUT2D eigenvalue weighted by Crippen LogP contribution is -2.14. The second-order valence-electron chi connectivity index (χ2n) is 6.30. The fourth-order valence-corrected chi connectivity index (χ4v) is 2.38. The molecular weight excluding hydrogens is 424 g/mol. The van der Waals surface area contributed by atoms with Crippen LogP contribution in [-0.4, -0.2) is 106 Å². The number of aldehydes is 2. The van der Waals surface area contributed by atoms with E-state index in [0.717, 1.165) is 0 Å². The van der Waals surface area contributed by atoms with E-state index >= 15 is 0 Å². The average molecular weight is 459 g/mol. The fourth-order valence-electron chi connectivity index (χ4n) is 2.38. The van der Waals surface area contributed by atoms with Crippen LogP contribution in [0, 0.1) is 0 Å². The number of methoxy groups -OCH3 is 2. The highest BCUT2D eigenvalue weighted by molar-refractivity contribution is 5.87. The molecule has 10 nitrogen and oxygen atoms in total. The Morgan fingerprint density at radius 3 is 1.16 bits per heavy atom. The highest BCUT2D eigenvalue weighted by Gasteiger charge is 2.12. The first-order valence-corrected chi connectivity index (χ1v) is 10.4. The van der Waals surface area contributed by atoms with Crippen LogP contribution < -0.4 is 9.47 Å². The highest BCUT2D eigenvalue weighted by Crippen LogP contribution is 2.27. The maximum atomic E-state index is 11.4. The van der Waals surface area contributed by atoms with Gasteiger partial charge in [-0.1, -0.05) is 0 Å². The van der Waals surface area contributed by atoms with Gasteiger partial charge in [-0.3, -0.25) is 9.59 Å². The first-order valence-electron chi connectivity index (χ1n) is 10.4. The van der Waals surface area contributed by atoms with Gasteiger partial charge in [-0.2, -0.15) is 0 Å². The normalized spacial score (nSPS) is 10.8. The zero-order valence-electron chi connectivity index (χ0n) is 18.9. The molecule has 0 spiro atoms. The van der Waals surface area contributed by atoms with Crippen molar-refractivity contribution >= 4 is 12.6 Å². The molecule has 182 valence electrons. The van der Waals surface area contributed by atoms with Gasteiger partial charge in [0.15, 0.2) is 12.6 Å². The van der Waals surface area contributed by atoms with Gasteiger partial charge in [-0.15, -0.1) is 0 Å². The monoisotopic (exact) mass is 458 g/mol. The molecule has 0 amide bonds. The zero-order valence-corrected chi connectivity index (χ0v) is 18.9. The van der Waals surface area contributed by atoms with E-state index in [4.69, 9.17) is 37.9 Å². The fraction of sp³-hybridized carbons (Fsp3) is 0.636. The van der Waals surface area contributed by atoms with E-state index < -0.39 is 0 Å². The van der Waals surface area contributed by atoms with Gasteiger partial charge in [-0.25, -0.2) is 0 Å². The van der Waals surface area contributed by atoms with Crippen LogP contribution in [0.3, 0.4) is 0 Å². The Labute approximate surface area is 189 Å². The van der Waals surface area contributed by atoms with Crippen LogP contribution in [0.2, 0.25) is 0 Å². The third-order valence-corrected chi connectivity index (χ3v) is 3.97. The molecule has 0 aliphatic rings. The lowest BCUT2D eigenvalue weighted by atomic mass is 10.1. The van der Waals surface area contributed by atoms with Gasteiger partial charge in [0.05, 0.1) is 77.2 Å². The highest BCUT2D eigenvalue weighted by atomic mass is 16.6. The van der Waals surface area contributed by atoms with Crippen molar-refractivity contribution in [2.75, 3.05) is 93.5 Å². The van der Waals surface area contributed by atoms with E-state index in [1.54, 1.807) is 14.2 Å². The second kappa shape index (κ2) is 19.6. The van der Waals surface area contributed by atoms with E-state index in [2.05, 4.69) is 0 Å². The predicted octanol–water partition coefficient (Wildman–Crippen LogP) is 1.43. The molecular formula is C22H34O10. The molecule has 0 aliphatic heterocycles. The van der Waals surface area contributed by atoms with Gasteiger partial charge in [0.2, 0.25) is 0 Å². The molecule has 0 aliphatic carbocycles. The second-order valence-corrected chi connectivity index (χ2v) is 6.30. The van der Waals surface area contributed by atoms with E-state index in [1.807, 2.05) is 0 Å². The van der Waals surface area contributed by atoms with Crippen LogP contribution in [0.4, 0.5) is 0 Å². The molecule has 0 radical (unpaired) electrons. The lowest BCUT2D eigenvalue weighted by Gasteiger charge is -2.14. The summed E-state index contributed by atoms with van der Waals surface area (Å²) in [6, 6.07) is 2.95. The van der Waals surface area contributed by atoms with Crippen LogP contribution in [0.1, 0.15) is 20.7 Å². The number of benzene rings is 1. The maximum Gasteiger partial charge on any atom is 0.153 e. The summed E-state index contributed by atoms with van der Waals surface area (Å²) in [6.07, 6.45) is 1.30. The summed E-state index contributed by atoms with van der Waals surface area (Å²) in [6.45, 7) is 4.90. The van der Waals surface area contributed by atoms with Crippen LogP contribution in [-0.2, 0) is 28.4 Å². The van der Waals surface area contributed by atoms with Gasteiger partial charge in [0.1, 0.15) is 24.7 Å². The molecule has 0 bridgehead atoms. The lowest BCUT2D eigenvalue weighted by molar-refractivity contribution is 0.0176. The minimum Gasteiger partial charge on any atom is -0.490 e. The maximum absolute atomic E-state index is 11.4. The molecule has 0 atom stereocenters. The molecule has 0 saturated carbocycles. The molecule has 1 rings (SSSR count). The standard InChI is InChI=1S/C22H34O10/c1-25-3-5-27-7-9-29-11-13-31-21-15-20(18-24)22(16-19(21)17-23)32-14-12-30-10-8-28-6-4-26-2/h15-18H,3-14H2,1-2H3. The van der Waals surface area contributed by atoms with Crippen molar-refractivity contribution in [3.8, 4) is 11.5 Å². The first kappa shape index (κ1) is 28.0. The van der Waals surface area contributed by atoms with Crippen molar-refractivity contribution in [2.45, 2.75) is 0 Å². The van der Waals surface area contributed by atoms with Gasteiger partial charge < -0.3 is 37.9 Å². The summed E-state index contributed by atoms with van der Waals surface area (Å²) >= 11 is 0. The Balaban J connectivity index is 2.34. The molecule has 10 heteroatoms. The minimum atomic E-state index is 0.220. The molecule has 0 heterocycles. The first-order chi connectivity index (χ1) is 15.8. The van der Waals surface area contributed by atoms with Crippen molar-refractivity contribution in [3.63, 3.8) is 0 Å². The van der Waals surface area contributed by atoms with Crippen molar-refractivity contribution < 1.29 is 47.5 Å². The van der Waals surface area contributed by atoms with E-state index in [0.29, 0.717) is 90.1 Å². The summed E-state index contributed by atoms with van der Waals surface area (Å²) in [5.74, 6) is 0.581. The Morgan fingerprint density at radius 1 is 0.531 bits per heavy atom. The molecule has 0 saturated heterocycles. The number of hydrogen-bond donors (Lipinski definition) is 0. The van der Waals surface area contributed by atoms with Crippen molar-refractivity contribution in [2.24, 2.45) is 0 Å². The number of hydrogen-bond acceptors (Lipinski definition) is 10. The Kier molecular flexibility index (Phi) is 17.1. The molecule has 1 aromatic carbocycles. The van der Waals surface area contributed by atoms with E-state index in [9.17, 15) is 9.59 Å². The van der Waals surface area contributed by atoms with Crippen LogP contribution >= 0.6 is 0 Å². The zero-order chi connectivity index (χ0) is 23.3. The third-order valence-electron chi connectivity index (χ3n) is 3.97. The number of ether oxygens (including phenoxy) is 8. The largest absolute Gasteiger partial charge is 0.490 e. The topological polar surface area (TPSA) is 108 Å². The van der Waals surface area contributed by atoms with Gasteiger partial charge >= 0.3 is 0 Å². The van der Waals surface area contributed by atoms with Crippen LogP contribution in [0.5, 0.6) is 11.5 Å². The van der Waals surface area contributed by atoms with Gasteiger partial charge in [-0.05, 0) is 12.1 Å². The number of rotatable bonds is 22. The molecule has 0 N–H and O–H groups in total. The number of carbonyl (C=O) groups excluding carboxylic acids is 2. The quantitative estimate of drug-likeness (QED) is 0.187. The Bertz CT molecular complexity index is 569. The minimum absolute atomic E-state index is 0.220. The molecule has 32 heavy (non-hydrogen) atoms. The molecule has 0 aromatic heterocycles. The van der Waals surface area contributed by atoms with Crippen LogP contribution in [0.15, 0.2) is 12.1 Å². The van der Waals surface area contributed by atoms with Crippen LogP contribution in [0.25, 0.3) is 0 Å². The molecule has 0 fully saturated rings. The smallest absolute Gasteiger partial charge is 0.153 e. The molecule has 0 unspecified atom stereocenters. The summed E-state index contributed by atoms with van der Waals surface area (Å²) in [5.41, 5.74) is 0.557. The summed E-state index contributed by atoms with van der Waals surface area (Å²) in [7, 11) is 3.22. The van der Waals surface area contributed by atoms with Gasteiger partial charge in [0, 0.05) is 14.2 Å². The average Bonchev–Trinajstić information content (AvgIpc) is 2.82. The summed E-state index contributed by atoms with van der Waals surface area (Å²) < 4.78 is 42.3. The van der Waals surface area contributed by atoms with E-state index in [-0.39, 0.29) is 24.3 Å². The van der Waals surface area contributed by atoms with Crippen molar-refractivity contribution in [1.29, 1.82) is 0 Å². The van der Waals surface area contributed by atoms with E-state index in [1.165, 1.54) is 12.1 Å². The summed E-state index contributed by atoms with van der Waals surface area (Å²) in [5, 5.41) is 0. The molecule has 1 aromatic rings. The Morgan fingerprint density at radius 2 is 0.844 bits per heavy atom. The SMILES string of the molecule is COCCOCCOCCOc1cc(C=O)c(OCCOCCOCCOC)cc1C=O. The third kappa shape index (κ3) is 12.7. The summed E-state index contributed by atoms with van der Waals surface area (Å²) in [4.78, 5) is 22.9. The Hall–Kier alpha value is -2.08. The van der Waals surface area contributed by atoms with Gasteiger partial charge in [0.25, 0.3) is 0 Å². The predicted molar refractivity (Wildman–Crippen MR) is 115 cm³/mol. The number of carbonyl (C=O) groups is 2. The van der Waals surface area contributed by atoms with Crippen molar-refractivity contribution in [3.05, 3.63) is 23.3 Å². The van der Waals surface area contributed by atoms with Crippen molar-refractivity contribution in [1.82, 2.24) is 0 Å².